The number of amides is 3. The first kappa shape index (κ1) is 25.8. The maximum atomic E-state index is 14.1. The van der Waals surface area contributed by atoms with Gasteiger partial charge in [0.05, 0.1) is 16.6 Å². The molecule has 33 heavy (non-hydrogen) atoms. The van der Waals surface area contributed by atoms with Gasteiger partial charge in [0, 0.05) is 44.6 Å². The monoisotopic (exact) mass is 477 g/mol. The normalized spacial score (nSPS) is 30.8. The number of fused-ring (bicyclic) bond motifs is 1. The van der Waals surface area contributed by atoms with Gasteiger partial charge in [0.1, 0.15) is 6.04 Å². The predicted molar refractivity (Wildman–Crippen MR) is 132 cm³/mol. The van der Waals surface area contributed by atoms with E-state index in [1.807, 2.05) is 11.8 Å². The predicted octanol–water partition coefficient (Wildman–Crippen LogP) is 2.31. The van der Waals surface area contributed by atoms with Crippen LogP contribution < -0.4 is 0 Å². The van der Waals surface area contributed by atoms with E-state index in [0.29, 0.717) is 26.1 Å². The van der Waals surface area contributed by atoms with E-state index in [0.717, 1.165) is 25.7 Å². The third-order valence-corrected chi connectivity index (χ3v) is 9.45. The molecule has 8 heteroatoms. The number of rotatable bonds is 12. The fraction of sp³-hybridized carbons (Fsp3) is 0.720. The van der Waals surface area contributed by atoms with Crippen LogP contribution >= 0.6 is 11.8 Å². The van der Waals surface area contributed by atoms with Gasteiger partial charge in [0.25, 0.3) is 0 Å². The van der Waals surface area contributed by atoms with E-state index in [-0.39, 0.29) is 35.6 Å². The molecule has 1 N–H and O–H groups in total. The Morgan fingerprint density at radius 3 is 2.61 bits per heavy atom. The van der Waals surface area contributed by atoms with Gasteiger partial charge < -0.3 is 19.8 Å². The summed E-state index contributed by atoms with van der Waals surface area (Å²) in [7, 11) is 1.75. The molecule has 184 valence electrons. The van der Waals surface area contributed by atoms with Gasteiger partial charge in [-0.15, -0.1) is 24.9 Å². The summed E-state index contributed by atoms with van der Waals surface area (Å²) in [4.78, 5) is 46.5. The van der Waals surface area contributed by atoms with Crippen LogP contribution in [0.15, 0.2) is 25.3 Å². The second-order valence-corrected chi connectivity index (χ2v) is 11.2. The summed E-state index contributed by atoms with van der Waals surface area (Å²) in [6.07, 6.45) is 7.25. The summed E-state index contributed by atoms with van der Waals surface area (Å²) in [6, 6.07) is -0.580. The molecule has 3 amide bonds. The minimum absolute atomic E-state index is 0.0329. The number of carbonyl (C=O) groups is 3. The molecule has 3 saturated heterocycles. The Bertz CT molecular complexity index is 790. The first-order valence-corrected chi connectivity index (χ1v) is 13.0. The van der Waals surface area contributed by atoms with Gasteiger partial charge >= 0.3 is 0 Å². The molecular weight excluding hydrogens is 438 g/mol. The highest BCUT2D eigenvalue weighted by Crippen LogP contribution is 2.66. The van der Waals surface area contributed by atoms with Crippen LogP contribution in [-0.2, 0) is 14.4 Å². The molecule has 3 aliphatic heterocycles. The lowest BCUT2D eigenvalue weighted by atomic mass is 9.70. The second-order valence-electron chi connectivity index (χ2n) is 9.59. The number of likely N-dealkylation sites (tertiary alicyclic amines) is 1. The average Bonchev–Trinajstić information content (AvgIpc) is 3.42. The van der Waals surface area contributed by atoms with E-state index in [2.05, 4.69) is 20.1 Å². The lowest BCUT2D eigenvalue weighted by Gasteiger charge is -2.39. The summed E-state index contributed by atoms with van der Waals surface area (Å²) in [5, 5.41) is 9.52. The van der Waals surface area contributed by atoms with Crippen molar-refractivity contribution in [3.63, 3.8) is 0 Å². The molecule has 6 atom stereocenters. The van der Waals surface area contributed by atoms with Crippen LogP contribution in [0.4, 0.5) is 0 Å². The fourth-order valence-corrected chi connectivity index (χ4v) is 8.30. The van der Waals surface area contributed by atoms with Crippen molar-refractivity contribution in [3.05, 3.63) is 25.3 Å². The minimum Gasteiger partial charge on any atom is -0.396 e. The highest BCUT2D eigenvalue weighted by atomic mass is 32.2. The third kappa shape index (κ3) is 4.36. The Labute approximate surface area is 202 Å². The van der Waals surface area contributed by atoms with E-state index in [9.17, 15) is 19.5 Å². The molecule has 1 spiro atoms. The quantitative estimate of drug-likeness (QED) is 0.436. The van der Waals surface area contributed by atoms with Gasteiger partial charge in [-0.25, -0.2) is 0 Å². The molecule has 0 aromatic carbocycles. The molecule has 0 aliphatic carbocycles. The average molecular weight is 478 g/mol. The van der Waals surface area contributed by atoms with Crippen molar-refractivity contribution >= 4 is 29.5 Å². The van der Waals surface area contributed by atoms with Crippen LogP contribution in [0.3, 0.4) is 0 Å². The summed E-state index contributed by atoms with van der Waals surface area (Å²) < 4.78 is -0.588. The lowest BCUT2D eigenvalue weighted by Crippen LogP contribution is -2.56. The topological polar surface area (TPSA) is 81.2 Å². The Morgan fingerprint density at radius 2 is 2.00 bits per heavy atom. The Balaban J connectivity index is 2.01. The van der Waals surface area contributed by atoms with Crippen LogP contribution in [0.25, 0.3) is 0 Å². The lowest BCUT2D eigenvalue weighted by molar-refractivity contribution is -0.145. The first-order valence-electron chi connectivity index (χ1n) is 12.1. The smallest absolute Gasteiger partial charge is 0.247 e. The fourth-order valence-electron chi connectivity index (χ4n) is 6.09. The van der Waals surface area contributed by atoms with Crippen molar-refractivity contribution < 1.29 is 19.5 Å². The number of aliphatic hydroxyl groups is 1. The molecule has 3 unspecified atom stereocenters. The molecule has 0 aromatic rings. The van der Waals surface area contributed by atoms with Crippen molar-refractivity contribution in [2.75, 3.05) is 33.3 Å². The summed E-state index contributed by atoms with van der Waals surface area (Å²) >= 11 is 1.69. The number of carbonyl (C=O) groups excluding carboxylic acids is 3. The van der Waals surface area contributed by atoms with Crippen molar-refractivity contribution in [2.45, 2.75) is 68.0 Å². The van der Waals surface area contributed by atoms with Crippen LogP contribution in [0.5, 0.6) is 0 Å². The van der Waals surface area contributed by atoms with Gasteiger partial charge in [-0.05, 0) is 32.6 Å². The second kappa shape index (κ2) is 10.6. The van der Waals surface area contributed by atoms with Gasteiger partial charge in [-0.3, -0.25) is 14.4 Å². The largest absolute Gasteiger partial charge is 0.396 e. The molecule has 3 fully saturated rings. The van der Waals surface area contributed by atoms with E-state index in [1.54, 1.807) is 40.8 Å². The van der Waals surface area contributed by atoms with Crippen molar-refractivity contribution in [2.24, 2.45) is 11.8 Å². The molecule has 0 aromatic heterocycles. The molecule has 2 bridgehead atoms. The SMILES string of the molecule is C=CCN(C)C(=O)[C@@H]1[C@H]2C(=O)N(CCCO)C(C(=O)N(CC=C)C(C)CCC)C23CC[C@H]1S3. The Kier molecular flexibility index (Phi) is 8.32. The zero-order valence-electron chi connectivity index (χ0n) is 20.2. The van der Waals surface area contributed by atoms with Gasteiger partial charge in [-0.2, -0.15) is 0 Å². The summed E-state index contributed by atoms with van der Waals surface area (Å²) in [6.45, 7) is 12.9. The number of nitrogens with zero attached hydrogens (tertiary/aromatic N) is 3. The first-order chi connectivity index (χ1) is 15.8. The Morgan fingerprint density at radius 1 is 1.30 bits per heavy atom. The zero-order valence-corrected chi connectivity index (χ0v) is 21.1. The highest BCUT2D eigenvalue weighted by Gasteiger charge is 2.73. The summed E-state index contributed by atoms with van der Waals surface area (Å²) in [5.41, 5.74) is 0. The van der Waals surface area contributed by atoms with Crippen molar-refractivity contribution in [3.8, 4) is 0 Å². The van der Waals surface area contributed by atoms with Crippen LogP contribution in [0.1, 0.15) is 46.0 Å². The van der Waals surface area contributed by atoms with E-state index >= 15 is 0 Å². The van der Waals surface area contributed by atoms with Gasteiger partial charge in [0.15, 0.2) is 0 Å². The molecule has 3 aliphatic rings. The molecule has 3 heterocycles. The number of aliphatic hydroxyl groups excluding tert-OH is 1. The number of hydrogen-bond acceptors (Lipinski definition) is 5. The van der Waals surface area contributed by atoms with Crippen molar-refractivity contribution in [1.29, 1.82) is 0 Å². The molecular formula is C25H39N3O4S. The van der Waals surface area contributed by atoms with Crippen LogP contribution in [-0.4, -0.2) is 92.9 Å². The van der Waals surface area contributed by atoms with E-state index < -0.39 is 22.6 Å². The standard InChI is InChI=1S/C25H39N3O4S/c1-6-10-17(4)27(14-8-3)24(32)21-25-12-11-18(33-25)19(22(30)26(5)13-7-2)20(25)23(31)28(21)15-9-16-29/h7-8,17-21,29H,2-3,6,9-16H2,1,4-5H3/t17?,18-,19+,20+,21?,25?/m1/s1. The Hall–Kier alpha value is -1.80. The molecule has 7 nitrogen and oxygen atoms in total. The van der Waals surface area contributed by atoms with E-state index in [4.69, 9.17) is 0 Å². The molecule has 3 rings (SSSR count). The molecule has 0 saturated carbocycles. The minimum atomic E-state index is -0.613. The zero-order chi connectivity index (χ0) is 24.3. The van der Waals surface area contributed by atoms with Crippen LogP contribution in [0, 0.1) is 11.8 Å². The van der Waals surface area contributed by atoms with Crippen molar-refractivity contribution in [1.82, 2.24) is 14.7 Å². The number of thioether (sulfide) groups is 1. The maximum absolute atomic E-state index is 14.1. The highest BCUT2D eigenvalue weighted by molar-refractivity contribution is 8.02. The molecule has 0 radical (unpaired) electrons. The number of hydrogen-bond donors (Lipinski definition) is 1. The maximum Gasteiger partial charge on any atom is 0.247 e. The third-order valence-electron chi connectivity index (χ3n) is 7.50. The van der Waals surface area contributed by atoms with Gasteiger partial charge in [0.2, 0.25) is 17.7 Å². The number of likely N-dealkylation sites (N-methyl/N-ethyl adjacent to an activating group) is 1. The van der Waals surface area contributed by atoms with Crippen LogP contribution in [0.2, 0.25) is 0 Å². The van der Waals surface area contributed by atoms with Gasteiger partial charge in [-0.1, -0.05) is 25.5 Å². The van der Waals surface area contributed by atoms with E-state index in [1.165, 1.54) is 0 Å². The summed E-state index contributed by atoms with van der Waals surface area (Å²) in [5.74, 6) is -1.11.